The zero-order chi connectivity index (χ0) is 21.6. The van der Waals surface area contributed by atoms with Crippen molar-refractivity contribution in [2.45, 2.75) is 116 Å². The second-order valence-electron chi connectivity index (χ2n) is 8.66. The molecule has 2 N–H and O–H groups in total. The topological polar surface area (TPSA) is 102 Å². The third-order valence-corrected chi connectivity index (χ3v) is 6.36. The lowest BCUT2D eigenvalue weighted by Crippen LogP contribution is -2.33. The number of rotatable bonds is 4. The van der Waals surface area contributed by atoms with Gasteiger partial charge in [-0.3, -0.25) is 9.59 Å². The number of hydrogen-bond donors (Lipinski definition) is 2. The van der Waals surface area contributed by atoms with Gasteiger partial charge in [-0.1, -0.05) is 13.8 Å². The Morgan fingerprint density at radius 2 is 1.62 bits per heavy atom. The molecule has 2 saturated heterocycles. The molecular formula is C22H38O7. The van der Waals surface area contributed by atoms with E-state index in [4.69, 9.17) is 14.2 Å². The minimum Gasteiger partial charge on any atom is -0.462 e. The number of carbonyl (C=O) groups excluding carboxylic acids is 2. The molecule has 29 heavy (non-hydrogen) atoms. The zero-order valence-electron chi connectivity index (χ0n) is 18.2. The Hall–Kier alpha value is -1.18. The maximum atomic E-state index is 12.7. The molecule has 168 valence electrons. The SMILES string of the molecule is CCC(O)CC1CCC(O)C(C)C(=O)OC(CC)CC2CCC(O2)C(C)C(=O)O1. The highest BCUT2D eigenvalue weighted by Gasteiger charge is 2.37. The summed E-state index contributed by atoms with van der Waals surface area (Å²) in [5.74, 6) is -1.82. The lowest BCUT2D eigenvalue weighted by Gasteiger charge is -2.25. The van der Waals surface area contributed by atoms with Crippen LogP contribution in [-0.2, 0) is 23.8 Å². The molecule has 8 atom stereocenters. The molecule has 7 nitrogen and oxygen atoms in total. The molecule has 8 unspecified atom stereocenters. The Morgan fingerprint density at radius 1 is 0.966 bits per heavy atom. The van der Waals surface area contributed by atoms with Crippen molar-refractivity contribution in [2.24, 2.45) is 11.8 Å². The monoisotopic (exact) mass is 414 g/mol. The van der Waals surface area contributed by atoms with Gasteiger partial charge in [0.05, 0.1) is 36.3 Å². The van der Waals surface area contributed by atoms with Crippen molar-refractivity contribution >= 4 is 11.9 Å². The van der Waals surface area contributed by atoms with Crippen LogP contribution in [-0.4, -0.2) is 58.8 Å². The van der Waals surface area contributed by atoms with Gasteiger partial charge < -0.3 is 24.4 Å². The summed E-state index contributed by atoms with van der Waals surface area (Å²) in [5.41, 5.74) is 0. The summed E-state index contributed by atoms with van der Waals surface area (Å²) in [5, 5.41) is 20.5. The van der Waals surface area contributed by atoms with Crippen molar-refractivity contribution < 1.29 is 34.0 Å². The molecule has 7 heteroatoms. The lowest BCUT2D eigenvalue weighted by atomic mass is 9.96. The van der Waals surface area contributed by atoms with Crippen LogP contribution in [0.2, 0.25) is 0 Å². The summed E-state index contributed by atoms with van der Waals surface area (Å²) in [6.45, 7) is 7.30. The van der Waals surface area contributed by atoms with Gasteiger partial charge >= 0.3 is 11.9 Å². The summed E-state index contributed by atoms with van der Waals surface area (Å²) >= 11 is 0. The fraction of sp³-hybridized carbons (Fsp3) is 0.909. The average Bonchev–Trinajstić information content (AvgIpc) is 3.17. The van der Waals surface area contributed by atoms with E-state index in [2.05, 4.69) is 0 Å². The number of esters is 2. The van der Waals surface area contributed by atoms with Crippen LogP contribution < -0.4 is 0 Å². The maximum Gasteiger partial charge on any atom is 0.311 e. The molecule has 0 aromatic carbocycles. The number of fused-ring (bicyclic) bond motifs is 2. The zero-order valence-corrected chi connectivity index (χ0v) is 18.2. The smallest absolute Gasteiger partial charge is 0.311 e. The summed E-state index contributed by atoms with van der Waals surface area (Å²) in [6, 6.07) is 0. The third-order valence-electron chi connectivity index (χ3n) is 6.36. The van der Waals surface area contributed by atoms with Gasteiger partial charge in [0.2, 0.25) is 0 Å². The van der Waals surface area contributed by atoms with E-state index in [1.54, 1.807) is 6.92 Å². The van der Waals surface area contributed by atoms with Crippen molar-refractivity contribution in [3.8, 4) is 0 Å². The van der Waals surface area contributed by atoms with Crippen molar-refractivity contribution in [2.75, 3.05) is 0 Å². The van der Waals surface area contributed by atoms with E-state index >= 15 is 0 Å². The van der Waals surface area contributed by atoms with Crippen molar-refractivity contribution in [3.63, 3.8) is 0 Å². The first-order valence-electron chi connectivity index (χ1n) is 11.2. The quantitative estimate of drug-likeness (QED) is 0.682. The van der Waals surface area contributed by atoms with E-state index in [9.17, 15) is 19.8 Å². The average molecular weight is 415 g/mol. The molecule has 2 aliphatic heterocycles. The standard InChI is InChI=1S/C22H38O7/c1-5-15(23)11-17-7-9-19(24)13(3)21(25)28-16(6-2)12-18-8-10-20(27-18)14(4)22(26)29-17/h13-20,23-24H,5-12H2,1-4H3. The molecular weight excluding hydrogens is 376 g/mol. The van der Waals surface area contributed by atoms with Crippen LogP contribution in [0.25, 0.3) is 0 Å². The number of cyclic esters (lactones) is 2. The summed E-state index contributed by atoms with van der Waals surface area (Å²) < 4.78 is 17.4. The van der Waals surface area contributed by atoms with Crippen molar-refractivity contribution in [3.05, 3.63) is 0 Å². The maximum absolute atomic E-state index is 12.7. The minimum atomic E-state index is -0.893. The van der Waals surface area contributed by atoms with Gasteiger partial charge in [-0.25, -0.2) is 0 Å². The number of aliphatic hydroxyl groups is 2. The molecule has 2 bridgehead atoms. The number of hydrogen-bond acceptors (Lipinski definition) is 7. The summed E-state index contributed by atoms with van der Waals surface area (Å²) in [6.07, 6.45) is 1.85. The summed E-state index contributed by atoms with van der Waals surface area (Å²) in [7, 11) is 0. The Labute approximate surface area is 174 Å². The van der Waals surface area contributed by atoms with Gasteiger partial charge in [-0.2, -0.15) is 0 Å². The molecule has 2 aliphatic rings. The molecule has 2 fully saturated rings. The van der Waals surface area contributed by atoms with Gasteiger partial charge in [-0.15, -0.1) is 0 Å². The van der Waals surface area contributed by atoms with Crippen LogP contribution in [0.3, 0.4) is 0 Å². The van der Waals surface area contributed by atoms with E-state index in [0.29, 0.717) is 38.5 Å². The highest BCUT2D eigenvalue weighted by atomic mass is 16.6. The Morgan fingerprint density at radius 3 is 2.28 bits per heavy atom. The molecule has 0 spiro atoms. The van der Waals surface area contributed by atoms with Crippen LogP contribution >= 0.6 is 0 Å². The first-order chi connectivity index (χ1) is 13.7. The number of ether oxygens (including phenoxy) is 3. The molecule has 0 radical (unpaired) electrons. The van der Waals surface area contributed by atoms with Crippen molar-refractivity contribution in [1.29, 1.82) is 0 Å². The number of carbonyl (C=O) groups is 2. The first kappa shape index (κ1) is 24.1. The molecule has 0 aliphatic carbocycles. The predicted molar refractivity (Wildman–Crippen MR) is 107 cm³/mol. The van der Waals surface area contributed by atoms with Crippen LogP contribution in [0.5, 0.6) is 0 Å². The van der Waals surface area contributed by atoms with E-state index in [-0.39, 0.29) is 24.3 Å². The van der Waals surface area contributed by atoms with E-state index < -0.39 is 36.1 Å². The highest BCUT2D eigenvalue weighted by molar-refractivity contribution is 5.73. The lowest BCUT2D eigenvalue weighted by molar-refractivity contribution is -0.161. The largest absolute Gasteiger partial charge is 0.462 e. The Bertz CT molecular complexity index is 537. The molecule has 0 amide bonds. The van der Waals surface area contributed by atoms with Crippen LogP contribution in [0.15, 0.2) is 0 Å². The van der Waals surface area contributed by atoms with Crippen LogP contribution in [0, 0.1) is 11.8 Å². The number of aliphatic hydroxyl groups excluding tert-OH is 2. The van der Waals surface area contributed by atoms with Crippen molar-refractivity contribution in [1.82, 2.24) is 0 Å². The minimum absolute atomic E-state index is 0.0592. The van der Waals surface area contributed by atoms with E-state index in [1.807, 2.05) is 20.8 Å². The van der Waals surface area contributed by atoms with Crippen LogP contribution in [0.4, 0.5) is 0 Å². The normalized spacial score (nSPS) is 38.5. The second kappa shape index (κ2) is 11.3. The molecule has 2 rings (SSSR count). The fourth-order valence-electron chi connectivity index (χ4n) is 4.02. The van der Waals surface area contributed by atoms with Gasteiger partial charge in [0.25, 0.3) is 0 Å². The first-order valence-corrected chi connectivity index (χ1v) is 11.2. The molecule has 2 heterocycles. The molecule has 0 saturated carbocycles. The van der Waals surface area contributed by atoms with Gasteiger partial charge in [0, 0.05) is 12.8 Å². The Balaban J connectivity index is 2.17. The van der Waals surface area contributed by atoms with Gasteiger partial charge in [-0.05, 0) is 52.4 Å². The van der Waals surface area contributed by atoms with Gasteiger partial charge in [0.15, 0.2) is 0 Å². The van der Waals surface area contributed by atoms with E-state index in [0.717, 1.165) is 12.8 Å². The molecule has 0 aromatic rings. The Kier molecular flexibility index (Phi) is 9.37. The molecule has 0 aromatic heterocycles. The van der Waals surface area contributed by atoms with Gasteiger partial charge in [0.1, 0.15) is 12.2 Å². The third kappa shape index (κ3) is 6.93. The van der Waals surface area contributed by atoms with Crippen LogP contribution in [0.1, 0.15) is 79.1 Å². The fourth-order valence-corrected chi connectivity index (χ4v) is 4.02. The predicted octanol–water partition coefficient (Wildman–Crippen LogP) is 2.75. The summed E-state index contributed by atoms with van der Waals surface area (Å²) in [4.78, 5) is 25.2. The highest BCUT2D eigenvalue weighted by Crippen LogP contribution is 2.31. The second-order valence-corrected chi connectivity index (χ2v) is 8.66. The van der Waals surface area contributed by atoms with E-state index in [1.165, 1.54) is 0 Å².